The second-order valence-electron chi connectivity index (χ2n) is 7.45. The Morgan fingerprint density at radius 1 is 1.23 bits per heavy atom. The number of hydrogen-bond donors (Lipinski definition) is 0. The summed E-state index contributed by atoms with van der Waals surface area (Å²) >= 11 is 0. The van der Waals surface area contributed by atoms with Crippen LogP contribution in [0.5, 0.6) is 5.75 Å². The number of nitrogens with zero attached hydrogens (tertiary/aromatic N) is 1. The van der Waals surface area contributed by atoms with Crippen LogP contribution in [0, 0.1) is 11.8 Å². The number of methoxy groups -OCH3 is 1. The SMILES string of the molecule is COc1ccc(C#CCCCC2=CN(C(=O)OC(C)(C)C)CCC2)cc1. The number of benzene rings is 1. The number of rotatable bonds is 4. The van der Waals surface area contributed by atoms with Gasteiger partial charge in [0.25, 0.3) is 0 Å². The predicted molar refractivity (Wildman–Crippen MR) is 104 cm³/mol. The molecule has 1 aromatic rings. The van der Waals surface area contributed by atoms with Crippen molar-refractivity contribution in [3.05, 3.63) is 41.6 Å². The van der Waals surface area contributed by atoms with E-state index in [1.165, 1.54) is 5.57 Å². The zero-order valence-corrected chi connectivity index (χ0v) is 16.3. The largest absolute Gasteiger partial charge is 0.497 e. The maximum absolute atomic E-state index is 12.2. The summed E-state index contributed by atoms with van der Waals surface area (Å²) in [6, 6.07) is 7.77. The van der Waals surface area contributed by atoms with Gasteiger partial charge in [-0.1, -0.05) is 17.4 Å². The first-order valence-corrected chi connectivity index (χ1v) is 9.19. The molecule has 1 amide bonds. The Hall–Kier alpha value is -2.41. The second kappa shape index (κ2) is 9.33. The van der Waals surface area contributed by atoms with E-state index in [2.05, 4.69) is 11.8 Å². The third kappa shape index (κ3) is 6.84. The average molecular weight is 355 g/mol. The van der Waals surface area contributed by atoms with Crippen molar-refractivity contribution >= 4 is 6.09 Å². The highest BCUT2D eigenvalue weighted by atomic mass is 16.6. The van der Waals surface area contributed by atoms with Crippen LogP contribution in [0.15, 0.2) is 36.0 Å². The van der Waals surface area contributed by atoms with E-state index in [0.29, 0.717) is 0 Å². The van der Waals surface area contributed by atoms with Gasteiger partial charge in [0.15, 0.2) is 0 Å². The van der Waals surface area contributed by atoms with E-state index < -0.39 is 5.60 Å². The molecule has 0 N–H and O–H groups in total. The maximum Gasteiger partial charge on any atom is 0.414 e. The fourth-order valence-electron chi connectivity index (χ4n) is 2.72. The molecule has 0 aliphatic carbocycles. The molecule has 4 nitrogen and oxygen atoms in total. The third-order valence-corrected chi connectivity index (χ3v) is 3.99. The van der Waals surface area contributed by atoms with Crippen molar-refractivity contribution in [3.8, 4) is 17.6 Å². The Bertz CT molecular complexity index is 687. The van der Waals surface area contributed by atoms with Gasteiger partial charge in [-0.15, -0.1) is 0 Å². The van der Waals surface area contributed by atoms with Crippen molar-refractivity contribution in [2.75, 3.05) is 13.7 Å². The van der Waals surface area contributed by atoms with Crippen molar-refractivity contribution < 1.29 is 14.3 Å². The summed E-state index contributed by atoms with van der Waals surface area (Å²) in [6.45, 7) is 6.40. The minimum Gasteiger partial charge on any atom is -0.497 e. The molecular weight excluding hydrogens is 326 g/mol. The van der Waals surface area contributed by atoms with Gasteiger partial charge >= 0.3 is 6.09 Å². The highest BCUT2D eigenvalue weighted by Crippen LogP contribution is 2.21. The lowest BCUT2D eigenvalue weighted by Gasteiger charge is -2.28. The topological polar surface area (TPSA) is 38.8 Å². The minimum absolute atomic E-state index is 0.256. The standard InChI is InChI=1S/C22H29NO3/c1-22(2,3)26-21(24)23-16-8-11-19(17-23)10-7-5-6-9-18-12-14-20(25-4)15-13-18/h12-15,17H,5,7-8,10-11,16H2,1-4H3. The summed E-state index contributed by atoms with van der Waals surface area (Å²) in [5, 5.41) is 0. The molecule has 0 saturated carbocycles. The van der Waals surface area contributed by atoms with Gasteiger partial charge < -0.3 is 9.47 Å². The Kier molecular flexibility index (Phi) is 7.15. The van der Waals surface area contributed by atoms with E-state index in [4.69, 9.17) is 9.47 Å². The van der Waals surface area contributed by atoms with Crippen LogP contribution in [0.4, 0.5) is 4.79 Å². The molecule has 2 rings (SSSR count). The smallest absolute Gasteiger partial charge is 0.414 e. The van der Waals surface area contributed by atoms with Crippen LogP contribution in [-0.4, -0.2) is 30.2 Å². The van der Waals surface area contributed by atoms with Crippen LogP contribution in [0.3, 0.4) is 0 Å². The fourth-order valence-corrected chi connectivity index (χ4v) is 2.72. The number of unbranched alkanes of at least 4 members (excludes halogenated alkanes) is 1. The van der Waals surface area contributed by atoms with Crippen LogP contribution in [0.2, 0.25) is 0 Å². The van der Waals surface area contributed by atoms with Crippen molar-refractivity contribution in [1.82, 2.24) is 4.90 Å². The molecule has 140 valence electrons. The zero-order valence-electron chi connectivity index (χ0n) is 16.3. The monoisotopic (exact) mass is 355 g/mol. The van der Waals surface area contributed by atoms with E-state index in [1.54, 1.807) is 12.0 Å². The predicted octanol–water partition coefficient (Wildman–Crippen LogP) is 5.13. The number of ether oxygens (including phenoxy) is 2. The van der Waals surface area contributed by atoms with Crippen molar-refractivity contribution in [2.45, 2.75) is 58.5 Å². The first-order chi connectivity index (χ1) is 12.4. The molecule has 1 aliphatic rings. The molecule has 1 aromatic carbocycles. The highest BCUT2D eigenvalue weighted by Gasteiger charge is 2.22. The average Bonchev–Trinajstić information content (AvgIpc) is 2.61. The van der Waals surface area contributed by atoms with E-state index in [-0.39, 0.29) is 6.09 Å². The summed E-state index contributed by atoms with van der Waals surface area (Å²) in [5.41, 5.74) is 1.84. The van der Waals surface area contributed by atoms with E-state index in [9.17, 15) is 4.79 Å². The van der Waals surface area contributed by atoms with Crippen molar-refractivity contribution in [2.24, 2.45) is 0 Å². The van der Waals surface area contributed by atoms with Gasteiger partial charge in [-0.25, -0.2) is 4.79 Å². The van der Waals surface area contributed by atoms with Crippen LogP contribution in [-0.2, 0) is 4.74 Å². The highest BCUT2D eigenvalue weighted by molar-refractivity contribution is 5.69. The molecule has 0 radical (unpaired) electrons. The third-order valence-electron chi connectivity index (χ3n) is 3.99. The molecule has 0 atom stereocenters. The lowest BCUT2D eigenvalue weighted by atomic mass is 10.0. The lowest BCUT2D eigenvalue weighted by molar-refractivity contribution is 0.0323. The van der Waals surface area contributed by atoms with Gasteiger partial charge in [-0.3, -0.25) is 4.90 Å². The summed E-state index contributed by atoms with van der Waals surface area (Å²) in [7, 11) is 1.66. The van der Waals surface area contributed by atoms with Gasteiger partial charge in [-0.2, -0.15) is 0 Å². The number of hydrogen-bond acceptors (Lipinski definition) is 3. The van der Waals surface area contributed by atoms with E-state index in [0.717, 1.165) is 50.0 Å². The van der Waals surface area contributed by atoms with Crippen molar-refractivity contribution in [3.63, 3.8) is 0 Å². The number of carbonyl (C=O) groups is 1. The molecule has 4 heteroatoms. The van der Waals surface area contributed by atoms with Gasteiger partial charge in [0.1, 0.15) is 11.4 Å². The molecule has 1 aliphatic heterocycles. The van der Waals surface area contributed by atoms with Gasteiger partial charge in [0.2, 0.25) is 0 Å². The maximum atomic E-state index is 12.2. The van der Waals surface area contributed by atoms with Crippen LogP contribution in [0.1, 0.15) is 58.4 Å². The molecule has 1 heterocycles. The van der Waals surface area contributed by atoms with Crippen LogP contribution < -0.4 is 4.74 Å². The van der Waals surface area contributed by atoms with Crippen molar-refractivity contribution in [1.29, 1.82) is 0 Å². The summed E-state index contributed by atoms with van der Waals surface area (Å²) in [5.74, 6) is 7.24. The number of amides is 1. The molecule has 0 bridgehead atoms. The quantitative estimate of drug-likeness (QED) is 0.555. The Morgan fingerprint density at radius 2 is 1.96 bits per heavy atom. The van der Waals surface area contributed by atoms with Gasteiger partial charge in [0, 0.05) is 24.7 Å². The lowest BCUT2D eigenvalue weighted by Crippen LogP contribution is -2.35. The minimum atomic E-state index is -0.459. The van der Waals surface area contributed by atoms with E-state index >= 15 is 0 Å². The Balaban J connectivity index is 1.79. The molecular formula is C22H29NO3. The van der Waals surface area contributed by atoms with Crippen LogP contribution in [0.25, 0.3) is 0 Å². The molecule has 0 aromatic heterocycles. The Morgan fingerprint density at radius 3 is 2.62 bits per heavy atom. The molecule has 0 unspecified atom stereocenters. The summed E-state index contributed by atoms with van der Waals surface area (Å²) < 4.78 is 10.6. The van der Waals surface area contributed by atoms with Gasteiger partial charge in [-0.05, 0) is 70.7 Å². The summed E-state index contributed by atoms with van der Waals surface area (Å²) in [4.78, 5) is 13.9. The molecule has 0 fully saturated rings. The second-order valence-corrected chi connectivity index (χ2v) is 7.45. The number of carbonyl (C=O) groups excluding carboxylic acids is 1. The normalized spacial score (nSPS) is 14.2. The summed E-state index contributed by atoms with van der Waals surface area (Å²) in [6.07, 6.45) is 6.56. The molecule has 0 spiro atoms. The fraction of sp³-hybridized carbons (Fsp3) is 0.500. The molecule has 0 saturated heterocycles. The van der Waals surface area contributed by atoms with Gasteiger partial charge in [0.05, 0.1) is 7.11 Å². The van der Waals surface area contributed by atoms with E-state index in [1.807, 2.05) is 51.2 Å². The molecule has 26 heavy (non-hydrogen) atoms. The Labute approximate surface area is 157 Å². The zero-order chi connectivity index (χ0) is 19.0. The first-order valence-electron chi connectivity index (χ1n) is 9.19. The number of allylic oxidation sites excluding steroid dienone is 1. The first kappa shape index (κ1) is 19.9. The van der Waals surface area contributed by atoms with Crippen LogP contribution >= 0.6 is 0 Å².